The van der Waals surface area contributed by atoms with Crippen LogP contribution in [-0.4, -0.2) is 4.98 Å². The molecule has 0 aliphatic carbocycles. The number of benzene rings is 1. The molecule has 1 heterocycles. The fraction of sp³-hybridized carbons (Fsp3) is 0.0833. The number of hydrogen-bond donors (Lipinski definition) is 0. The summed E-state index contributed by atoms with van der Waals surface area (Å²) in [6.45, 7) is 0. The fourth-order valence-electron chi connectivity index (χ4n) is 1.33. The van der Waals surface area contributed by atoms with E-state index in [1.54, 1.807) is 18.3 Å². The second-order valence-electron chi connectivity index (χ2n) is 3.05. The Morgan fingerprint density at radius 3 is 2.29 bits per heavy atom. The maximum Gasteiger partial charge on any atom is 0.0312 e. The molecule has 0 radical (unpaired) electrons. The molecular formula is C12H10NO-. The predicted molar refractivity (Wildman–Crippen MR) is 52.5 cm³/mol. The smallest absolute Gasteiger partial charge is 0.0312 e. The van der Waals surface area contributed by atoms with Gasteiger partial charge in [0.25, 0.3) is 0 Å². The quantitative estimate of drug-likeness (QED) is 0.709. The Bertz CT molecular complexity index is 346. The van der Waals surface area contributed by atoms with Crippen LogP contribution in [0.1, 0.15) is 17.4 Å². The lowest BCUT2D eigenvalue weighted by Gasteiger charge is -2.21. The average molecular weight is 184 g/mol. The molecule has 1 unspecified atom stereocenters. The van der Waals surface area contributed by atoms with Crippen molar-refractivity contribution in [2.45, 2.75) is 6.10 Å². The highest BCUT2D eigenvalue weighted by Gasteiger charge is 2.00. The molecule has 0 N–H and O–H groups in total. The average Bonchev–Trinajstić information content (AvgIpc) is 2.30. The van der Waals surface area contributed by atoms with E-state index in [1.807, 2.05) is 36.4 Å². The zero-order chi connectivity index (χ0) is 9.80. The highest BCUT2D eigenvalue weighted by molar-refractivity contribution is 5.24. The lowest BCUT2D eigenvalue weighted by Crippen LogP contribution is -2.17. The Hall–Kier alpha value is -1.67. The summed E-state index contributed by atoms with van der Waals surface area (Å²) in [5.74, 6) is 0. The molecule has 2 nitrogen and oxygen atoms in total. The Labute approximate surface area is 82.9 Å². The van der Waals surface area contributed by atoms with Gasteiger partial charge in [0.1, 0.15) is 0 Å². The zero-order valence-corrected chi connectivity index (χ0v) is 7.63. The molecule has 2 heteroatoms. The van der Waals surface area contributed by atoms with Crippen LogP contribution in [0.15, 0.2) is 54.7 Å². The molecule has 1 atom stereocenters. The van der Waals surface area contributed by atoms with Crippen molar-refractivity contribution in [1.82, 2.24) is 4.98 Å². The Morgan fingerprint density at radius 1 is 0.929 bits per heavy atom. The molecular weight excluding hydrogens is 174 g/mol. The number of rotatable bonds is 2. The molecule has 0 bridgehead atoms. The minimum Gasteiger partial charge on any atom is -0.844 e. The SMILES string of the molecule is [O-]C(c1ccccc1)c1ccccn1. The van der Waals surface area contributed by atoms with Gasteiger partial charge < -0.3 is 5.11 Å². The van der Waals surface area contributed by atoms with Crippen molar-refractivity contribution in [2.24, 2.45) is 0 Å². The van der Waals surface area contributed by atoms with Crippen LogP contribution in [0, 0.1) is 0 Å². The molecule has 1 aromatic heterocycles. The van der Waals surface area contributed by atoms with Crippen LogP contribution in [0.25, 0.3) is 0 Å². The third-order valence-electron chi connectivity index (χ3n) is 2.06. The van der Waals surface area contributed by atoms with E-state index in [4.69, 9.17) is 0 Å². The summed E-state index contributed by atoms with van der Waals surface area (Å²) in [4.78, 5) is 4.04. The Kier molecular flexibility index (Phi) is 2.56. The summed E-state index contributed by atoms with van der Waals surface area (Å²) in [5, 5.41) is 11.9. The van der Waals surface area contributed by atoms with Crippen molar-refractivity contribution < 1.29 is 5.11 Å². The summed E-state index contributed by atoms with van der Waals surface area (Å²) >= 11 is 0. The maximum absolute atomic E-state index is 11.9. The monoisotopic (exact) mass is 184 g/mol. The first-order valence-corrected chi connectivity index (χ1v) is 4.49. The molecule has 14 heavy (non-hydrogen) atoms. The molecule has 1 aromatic carbocycles. The third-order valence-corrected chi connectivity index (χ3v) is 2.06. The Morgan fingerprint density at radius 2 is 1.64 bits per heavy atom. The third kappa shape index (κ3) is 1.80. The van der Waals surface area contributed by atoms with Crippen molar-refractivity contribution in [3.63, 3.8) is 0 Å². The molecule has 0 aliphatic heterocycles. The highest BCUT2D eigenvalue weighted by atomic mass is 16.3. The number of hydrogen-bond acceptors (Lipinski definition) is 2. The molecule has 0 spiro atoms. The first-order chi connectivity index (χ1) is 6.88. The van der Waals surface area contributed by atoms with Crippen LogP contribution in [-0.2, 0) is 0 Å². The van der Waals surface area contributed by atoms with Gasteiger partial charge in [-0.1, -0.05) is 48.1 Å². The molecule has 0 aliphatic rings. The number of pyridine rings is 1. The van der Waals surface area contributed by atoms with E-state index >= 15 is 0 Å². The molecule has 0 fully saturated rings. The van der Waals surface area contributed by atoms with Crippen LogP contribution < -0.4 is 5.11 Å². The van der Waals surface area contributed by atoms with Gasteiger partial charge in [0, 0.05) is 11.9 Å². The second kappa shape index (κ2) is 4.03. The normalized spacial score (nSPS) is 12.4. The van der Waals surface area contributed by atoms with E-state index in [2.05, 4.69) is 4.98 Å². The van der Waals surface area contributed by atoms with E-state index < -0.39 is 6.10 Å². The van der Waals surface area contributed by atoms with Crippen LogP contribution in [0.2, 0.25) is 0 Å². The highest BCUT2D eigenvalue weighted by Crippen LogP contribution is 2.15. The van der Waals surface area contributed by atoms with Crippen LogP contribution in [0.5, 0.6) is 0 Å². The van der Waals surface area contributed by atoms with Crippen molar-refractivity contribution in [2.75, 3.05) is 0 Å². The fourth-order valence-corrected chi connectivity index (χ4v) is 1.33. The van der Waals surface area contributed by atoms with Crippen molar-refractivity contribution in [1.29, 1.82) is 0 Å². The predicted octanol–water partition coefficient (Wildman–Crippen LogP) is 1.53. The molecule has 70 valence electrons. The molecule has 0 amide bonds. The summed E-state index contributed by atoms with van der Waals surface area (Å²) in [5.41, 5.74) is 1.32. The van der Waals surface area contributed by atoms with Gasteiger partial charge in [-0.2, -0.15) is 0 Å². The first-order valence-electron chi connectivity index (χ1n) is 4.49. The van der Waals surface area contributed by atoms with E-state index in [0.29, 0.717) is 5.69 Å². The van der Waals surface area contributed by atoms with E-state index in [9.17, 15) is 5.11 Å². The summed E-state index contributed by atoms with van der Waals surface area (Å²) < 4.78 is 0. The minimum atomic E-state index is -0.877. The van der Waals surface area contributed by atoms with Crippen molar-refractivity contribution in [3.05, 3.63) is 66.0 Å². The number of nitrogens with zero attached hydrogens (tertiary/aromatic N) is 1. The minimum absolute atomic E-state index is 0.568. The van der Waals surface area contributed by atoms with E-state index in [1.165, 1.54) is 0 Å². The second-order valence-corrected chi connectivity index (χ2v) is 3.05. The summed E-state index contributed by atoms with van der Waals surface area (Å²) in [6.07, 6.45) is 0.765. The lowest BCUT2D eigenvalue weighted by molar-refractivity contribution is -0.412. The molecule has 0 saturated carbocycles. The standard InChI is InChI=1S/C12H10NO/c14-12(10-6-2-1-3-7-10)11-8-4-5-9-13-11/h1-9,12H/q-1. The van der Waals surface area contributed by atoms with Gasteiger partial charge >= 0.3 is 0 Å². The van der Waals surface area contributed by atoms with Gasteiger partial charge in [-0.25, -0.2) is 0 Å². The number of aromatic nitrogens is 1. The van der Waals surface area contributed by atoms with E-state index in [0.717, 1.165) is 5.56 Å². The van der Waals surface area contributed by atoms with Gasteiger partial charge in [-0.3, -0.25) is 4.98 Å². The first kappa shape index (κ1) is 8.91. The van der Waals surface area contributed by atoms with Crippen LogP contribution in [0.4, 0.5) is 0 Å². The van der Waals surface area contributed by atoms with Gasteiger partial charge in [-0.05, 0) is 12.1 Å². The molecule has 0 saturated heterocycles. The van der Waals surface area contributed by atoms with Gasteiger partial charge in [-0.15, -0.1) is 0 Å². The maximum atomic E-state index is 11.9. The van der Waals surface area contributed by atoms with Gasteiger partial charge in [0.2, 0.25) is 0 Å². The van der Waals surface area contributed by atoms with Gasteiger partial charge in [0.15, 0.2) is 0 Å². The van der Waals surface area contributed by atoms with Crippen molar-refractivity contribution >= 4 is 0 Å². The summed E-state index contributed by atoms with van der Waals surface area (Å²) in [6, 6.07) is 14.7. The van der Waals surface area contributed by atoms with E-state index in [-0.39, 0.29) is 0 Å². The van der Waals surface area contributed by atoms with Crippen LogP contribution in [0.3, 0.4) is 0 Å². The topological polar surface area (TPSA) is 36.0 Å². The zero-order valence-electron chi connectivity index (χ0n) is 7.63. The van der Waals surface area contributed by atoms with Crippen molar-refractivity contribution in [3.8, 4) is 0 Å². The molecule has 2 aromatic rings. The lowest BCUT2D eigenvalue weighted by atomic mass is 10.1. The van der Waals surface area contributed by atoms with Crippen LogP contribution >= 0.6 is 0 Å². The van der Waals surface area contributed by atoms with Gasteiger partial charge in [0.05, 0.1) is 0 Å². The summed E-state index contributed by atoms with van der Waals surface area (Å²) in [7, 11) is 0. The Balaban J connectivity index is 2.30. The largest absolute Gasteiger partial charge is 0.844 e. The molecule has 2 rings (SSSR count).